The maximum atomic E-state index is 13.3. The van der Waals surface area contributed by atoms with Gasteiger partial charge in [0.15, 0.2) is 0 Å². The fourth-order valence-corrected chi connectivity index (χ4v) is 4.61. The molecule has 2 rings (SSSR count). The second-order valence-corrected chi connectivity index (χ2v) is 9.86. The van der Waals surface area contributed by atoms with Crippen molar-refractivity contribution in [2.75, 3.05) is 5.75 Å². The summed E-state index contributed by atoms with van der Waals surface area (Å²) in [5.41, 5.74) is 1.86. The average Bonchev–Trinajstić information content (AvgIpc) is 2.76. The molecule has 0 aliphatic carbocycles. The molecule has 2 aromatic carbocycles. The van der Waals surface area contributed by atoms with Gasteiger partial charge in [0.2, 0.25) is 11.8 Å². The lowest BCUT2D eigenvalue weighted by molar-refractivity contribution is -0.141. The van der Waals surface area contributed by atoms with E-state index in [0.29, 0.717) is 34.2 Å². The molecule has 0 bridgehead atoms. The van der Waals surface area contributed by atoms with Gasteiger partial charge in [-0.25, -0.2) is 0 Å². The van der Waals surface area contributed by atoms with Crippen LogP contribution in [0.3, 0.4) is 0 Å². The summed E-state index contributed by atoms with van der Waals surface area (Å²) in [5, 5.41) is 3.99. The zero-order chi connectivity index (χ0) is 23.7. The molecule has 2 amide bonds. The average molecular weight is 496 g/mol. The number of thioether (sulfide) groups is 1. The topological polar surface area (TPSA) is 49.4 Å². The summed E-state index contributed by atoms with van der Waals surface area (Å²) in [5.74, 6) is 0.384. The van der Waals surface area contributed by atoms with Gasteiger partial charge in [0.05, 0.1) is 0 Å². The molecule has 32 heavy (non-hydrogen) atoms. The Bertz CT molecular complexity index is 885. The molecule has 0 spiro atoms. The highest BCUT2D eigenvalue weighted by atomic mass is 35.5. The van der Waals surface area contributed by atoms with Crippen LogP contribution in [-0.2, 0) is 16.1 Å². The first kappa shape index (κ1) is 26.6. The summed E-state index contributed by atoms with van der Waals surface area (Å²) in [6.07, 6.45) is 1.63. The zero-order valence-corrected chi connectivity index (χ0v) is 21.5. The number of halogens is 2. The molecule has 0 radical (unpaired) electrons. The van der Waals surface area contributed by atoms with Gasteiger partial charge in [-0.3, -0.25) is 9.59 Å². The van der Waals surface area contributed by atoms with Crippen LogP contribution < -0.4 is 5.32 Å². The first-order valence-electron chi connectivity index (χ1n) is 11.0. The first-order chi connectivity index (χ1) is 15.3. The Kier molecular flexibility index (Phi) is 10.9. The van der Waals surface area contributed by atoms with Crippen molar-refractivity contribution in [1.29, 1.82) is 0 Å². The van der Waals surface area contributed by atoms with Crippen molar-refractivity contribution < 1.29 is 9.59 Å². The lowest BCUT2D eigenvalue weighted by Gasteiger charge is -2.32. The minimum atomic E-state index is -0.590. The molecule has 174 valence electrons. The largest absolute Gasteiger partial charge is 0.352 e. The number of carbonyl (C=O) groups is 2. The van der Waals surface area contributed by atoms with Crippen LogP contribution in [0.15, 0.2) is 47.4 Å². The maximum Gasteiger partial charge on any atom is 0.243 e. The molecule has 0 saturated carbocycles. The van der Waals surface area contributed by atoms with Crippen molar-refractivity contribution in [3.8, 4) is 0 Å². The fraction of sp³-hybridized carbons (Fsp3) is 0.440. The van der Waals surface area contributed by atoms with Gasteiger partial charge in [-0.1, -0.05) is 60.8 Å². The molecule has 7 heteroatoms. The van der Waals surface area contributed by atoms with Crippen LogP contribution in [0.4, 0.5) is 0 Å². The molecule has 2 aromatic rings. The zero-order valence-electron chi connectivity index (χ0n) is 19.2. The van der Waals surface area contributed by atoms with E-state index in [1.165, 1.54) is 5.56 Å². The number of hydrogen-bond donors (Lipinski definition) is 1. The number of aryl methyl sites for hydroxylation is 1. The maximum absolute atomic E-state index is 13.3. The SMILES string of the molecule is CCC(C)NC(=O)C(CC)N(Cc1c(Cl)cccc1Cl)C(=O)CCSc1ccc(C)cc1. The summed E-state index contributed by atoms with van der Waals surface area (Å²) >= 11 is 14.4. The number of carbonyl (C=O) groups excluding carboxylic acids is 2. The number of benzene rings is 2. The normalized spacial score (nSPS) is 12.8. The Morgan fingerprint density at radius 3 is 2.22 bits per heavy atom. The van der Waals surface area contributed by atoms with E-state index in [-0.39, 0.29) is 24.4 Å². The van der Waals surface area contributed by atoms with Gasteiger partial charge in [-0.05, 0) is 51.0 Å². The molecule has 4 nitrogen and oxygen atoms in total. The van der Waals surface area contributed by atoms with Crippen LogP contribution in [0.1, 0.15) is 51.2 Å². The molecule has 2 unspecified atom stereocenters. The highest BCUT2D eigenvalue weighted by Gasteiger charge is 2.30. The van der Waals surface area contributed by atoms with Crippen molar-refractivity contribution >= 4 is 46.8 Å². The number of nitrogens with zero attached hydrogens (tertiary/aromatic N) is 1. The predicted octanol–water partition coefficient (Wildman–Crippen LogP) is 6.51. The van der Waals surface area contributed by atoms with E-state index in [0.717, 1.165) is 11.3 Å². The first-order valence-corrected chi connectivity index (χ1v) is 12.7. The molecule has 1 N–H and O–H groups in total. The van der Waals surface area contributed by atoms with Crippen LogP contribution in [0.2, 0.25) is 10.0 Å². The predicted molar refractivity (Wildman–Crippen MR) is 136 cm³/mol. The van der Waals surface area contributed by atoms with Gasteiger partial charge in [0, 0.05) is 45.3 Å². The van der Waals surface area contributed by atoms with Crippen molar-refractivity contribution in [2.24, 2.45) is 0 Å². The van der Waals surface area contributed by atoms with Crippen molar-refractivity contribution in [1.82, 2.24) is 10.2 Å². The van der Waals surface area contributed by atoms with Gasteiger partial charge in [0.25, 0.3) is 0 Å². The molecule has 0 aromatic heterocycles. The van der Waals surface area contributed by atoms with Crippen molar-refractivity contribution in [3.63, 3.8) is 0 Å². The van der Waals surface area contributed by atoms with E-state index >= 15 is 0 Å². The molecule has 2 atom stereocenters. The Balaban J connectivity index is 2.20. The number of nitrogens with one attached hydrogen (secondary N) is 1. The molecule has 0 heterocycles. The smallest absolute Gasteiger partial charge is 0.243 e. The van der Waals surface area contributed by atoms with Gasteiger partial charge in [-0.2, -0.15) is 0 Å². The third-order valence-corrected chi connectivity index (χ3v) is 7.10. The standard InChI is InChI=1S/C25H32Cl2N2O2S/c1-5-18(4)28-25(31)23(6-2)29(16-20-21(26)8-7-9-22(20)27)24(30)14-15-32-19-12-10-17(3)11-13-19/h7-13,18,23H,5-6,14-16H2,1-4H3,(H,28,31). The second-order valence-electron chi connectivity index (χ2n) is 7.88. The fourth-order valence-electron chi connectivity index (χ4n) is 3.25. The summed E-state index contributed by atoms with van der Waals surface area (Å²) in [6, 6.07) is 12.9. The molecule has 0 saturated heterocycles. The Morgan fingerprint density at radius 1 is 1.03 bits per heavy atom. The third kappa shape index (κ3) is 7.72. The molecular formula is C25H32Cl2N2O2S. The third-order valence-electron chi connectivity index (χ3n) is 5.38. The Morgan fingerprint density at radius 2 is 1.66 bits per heavy atom. The van der Waals surface area contributed by atoms with Gasteiger partial charge in [0.1, 0.15) is 6.04 Å². The van der Waals surface area contributed by atoms with Crippen LogP contribution >= 0.6 is 35.0 Å². The number of rotatable bonds is 11. The molecule has 0 fully saturated rings. The molecule has 0 aliphatic heterocycles. The van der Waals surface area contributed by atoms with E-state index in [2.05, 4.69) is 29.6 Å². The van der Waals surface area contributed by atoms with E-state index in [1.807, 2.05) is 27.7 Å². The van der Waals surface area contributed by atoms with Gasteiger partial charge >= 0.3 is 0 Å². The summed E-state index contributed by atoms with van der Waals surface area (Å²) in [7, 11) is 0. The van der Waals surface area contributed by atoms with Crippen LogP contribution in [0.5, 0.6) is 0 Å². The van der Waals surface area contributed by atoms with E-state index in [9.17, 15) is 9.59 Å². The van der Waals surface area contributed by atoms with E-state index in [4.69, 9.17) is 23.2 Å². The Hall–Kier alpha value is -1.69. The van der Waals surface area contributed by atoms with E-state index in [1.54, 1.807) is 34.9 Å². The van der Waals surface area contributed by atoms with Crippen molar-refractivity contribution in [3.05, 3.63) is 63.6 Å². The van der Waals surface area contributed by atoms with Crippen LogP contribution in [0.25, 0.3) is 0 Å². The number of hydrogen-bond acceptors (Lipinski definition) is 3. The van der Waals surface area contributed by atoms with Crippen molar-refractivity contribution in [2.45, 2.75) is 70.5 Å². The summed E-state index contributed by atoms with van der Waals surface area (Å²) in [6.45, 7) is 8.13. The van der Waals surface area contributed by atoms with E-state index < -0.39 is 6.04 Å². The lowest BCUT2D eigenvalue weighted by atomic mass is 10.1. The summed E-state index contributed by atoms with van der Waals surface area (Å²) < 4.78 is 0. The summed E-state index contributed by atoms with van der Waals surface area (Å²) in [4.78, 5) is 29.1. The van der Waals surface area contributed by atoms with Crippen LogP contribution in [0, 0.1) is 6.92 Å². The molecule has 0 aliphatic rings. The van der Waals surface area contributed by atoms with Crippen LogP contribution in [-0.4, -0.2) is 34.6 Å². The highest BCUT2D eigenvalue weighted by Crippen LogP contribution is 2.28. The molecular weight excluding hydrogens is 463 g/mol. The lowest BCUT2D eigenvalue weighted by Crippen LogP contribution is -2.50. The highest BCUT2D eigenvalue weighted by molar-refractivity contribution is 7.99. The van der Waals surface area contributed by atoms with Gasteiger partial charge < -0.3 is 10.2 Å². The Labute approximate surface area is 206 Å². The second kappa shape index (κ2) is 13.1. The minimum absolute atomic E-state index is 0.0366. The minimum Gasteiger partial charge on any atom is -0.352 e. The quantitative estimate of drug-likeness (QED) is 0.362. The number of amides is 2. The monoisotopic (exact) mass is 494 g/mol. The van der Waals surface area contributed by atoms with Gasteiger partial charge in [-0.15, -0.1) is 11.8 Å².